The molecule has 4 nitrogen and oxygen atoms in total. The molecule has 3 N–H and O–H groups in total. The predicted molar refractivity (Wildman–Crippen MR) is 68.6 cm³/mol. The molecule has 0 aliphatic carbocycles. The van der Waals surface area contributed by atoms with Gasteiger partial charge in [-0.1, -0.05) is 6.92 Å². The van der Waals surface area contributed by atoms with E-state index < -0.39 is 0 Å². The molecule has 0 aliphatic heterocycles. The Kier molecular flexibility index (Phi) is 3.23. The lowest BCUT2D eigenvalue weighted by Crippen LogP contribution is -2.11. The van der Waals surface area contributed by atoms with Gasteiger partial charge in [-0.3, -0.25) is 5.41 Å². The molecule has 0 bridgehead atoms. The minimum Gasteiger partial charge on any atom is -0.384 e. The van der Waals surface area contributed by atoms with Crippen molar-refractivity contribution in [3.63, 3.8) is 0 Å². The van der Waals surface area contributed by atoms with E-state index >= 15 is 0 Å². The number of hydrogen-bond donors (Lipinski definition) is 2. The molecule has 0 amide bonds. The van der Waals surface area contributed by atoms with Crippen molar-refractivity contribution < 1.29 is 0 Å². The van der Waals surface area contributed by atoms with E-state index in [1.165, 1.54) is 0 Å². The quantitative estimate of drug-likeness (QED) is 0.621. The van der Waals surface area contributed by atoms with Crippen LogP contribution in [0.5, 0.6) is 0 Å². The molecule has 0 saturated heterocycles. The summed E-state index contributed by atoms with van der Waals surface area (Å²) in [5.74, 6) is 1.15. The van der Waals surface area contributed by atoms with Crippen molar-refractivity contribution in [2.24, 2.45) is 5.73 Å². The van der Waals surface area contributed by atoms with Crippen molar-refractivity contribution in [3.8, 4) is 5.69 Å². The molecule has 0 unspecified atom stereocenters. The van der Waals surface area contributed by atoms with Crippen LogP contribution in [0.3, 0.4) is 0 Å². The number of aryl methyl sites for hydroxylation is 1. The summed E-state index contributed by atoms with van der Waals surface area (Å²) in [5.41, 5.74) is 7.22. The summed E-state index contributed by atoms with van der Waals surface area (Å²) < 4.78 is 2.06. The van der Waals surface area contributed by atoms with Gasteiger partial charge in [-0.2, -0.15) is 0 Å². The number of imidazole rings is 1. The minimum absolute atomic E-state index is 0.0935. The first kappa shape index (κ1) is 11.4. The van der Waals surface area contributed by atoms with Crippen LogP contribution in [0, 0.1) is 5.41 Å². The molecule has 0 aliphatic rings. The standard InChI is InChI=1S/C13H16N4/c1-2-3-12-16-8-9-17(12)11-6-4-10(5-7-11)13(14)15/h4-9H,2-3H2,1H3,(H3,14,15). The lowest BCUT2D eigenvalue weighted by molar-refractivity contribution is 0.809. The molecule has 17 heavy (non-hydrogen) atoms. The topological polar surface area (TPSA) is 67.7 Å². The number of hydrogen-bond acceptors (Lipinski definition) is 2. The maximum Gasteiger partial charge on any atom is 0.122 e. The van der Waals surface area contributed by atoms with E-state index in [0.29, 0.717) is 0 Å². The van der Waals surface area contributed by atoms with E-state index in [0.717, 1.165) is 29.9 Å². The van der Waals surface area contributed by atoms with Crippen LogP contribution in [0.2, 0.25) is 0 Å². The fraction of sp³-hybridized carbons (Fsp3) is 0.231. The van der Waals surface area contributed by atoms with Crippen LogP contribution in [-0.2, 0) is 6.42 Å². The van der Waals surface area contributed by atoms with Crippen LogP contribution in [0.1, 0.15) is 24.7 Å². The third-order valence-electron chi connectivity index (χ3n) is 2.65. The summed E-state index contributed by atoms with van der Waals surface area (Å²) in [6.45, 7) is 2.14. The van der Waals surface area contributed by atoms with E-state index in [-0.39, 0.29) is 5.84 Å². The highest BCUT2D eigenvalue weighted by atomic mass is 15.1. The van der Waals surface area contributed by atoms with Gasteiger partial charge in [0.05, 0.1) is 0 Å². The van der Waals surface area contributed by atoms with Gasteiger partial charge < -0.3 is 10.3 Å². The Hall–Kier alpha value is -2.10. The Labute approximate surface area is 101 Å². The van der Waals surface area contributed by atoms with Gasteiger partial charge in [0.2, 0.25) is 0 Å². The number of nitrogens with one attached hydrogen (secondary N) is 1. The van der Waals surface area contributed by atoms with Gasteiger partial charge in [-0.25, -0.2) is 4.98 Å². The summed E-state index contributed by atoms with van der Waals surface area (Å²) in [4.78, 5) is 4.34. The average molecular weight is 228 g/mol. The predicted octanol–water partition coefficient (Wildman–Crippen LogP) is 2.11. The normalized spacial score (nSPS) is 10.4. The van der Waals surface area contributed by atoms with Gasteiger partial charge in [0.25, 0.3) is 0 Å². The van der Waals surface area contributed by atoms with E-state index in [2.05, 4.69) is 16.5 Å². The fourth-order valence-electron chi connectivity index (χ4n) is 1.78. The van der Waals surface area contributed by atoms with Gasteiger partial charge in [-0.15, -0.1) is 0 Å². The van der Waals surface area contributed by atoms with Crippen molar-refractivity contribution in [1.29, 1.82) is 5.41 Å². The fourth-order valence-corrected chi connectivity index (χ4v) is 1.78. The molecule has 0 saturated carbocycles. The molecule has 4 heteroatoms. The van der Waals surface area contributed by atoms with E-state index in [1.807, 2.05) is 36.7 Å². The number of nitrogens with two attached hydrogens (primary N) is 1. The first-order valence-corrected chi connectivity index (χ1v) is 5.69. The second-order valence-electron chi connectivity index (χ2n) is 3.92. The van der Waals surface area contributed by atoms with Crippen LogP contribution in [0.15, 0.2) is 36.7 Å². The Morgan fingerprint density at radius 2 is 2.06 bits per heavy atom. The highest BCUT2D eigenvalue weighted by Gasteiger charge is 2.04. The lowest BCUT2D eigenvalue weighted by atomic mass is 10.2. The van der Waals surface area contributed by atoms with Crippen molar-refractivity contribution in [2.45, 2.75) is 19.8 Å². The second-order valence-corrected chi connectivity index (χ2v) is 3.92. The van der Waals surface area contributed by atoms with Crippen molar-refractivity contribution in [2.75, 3.05) is 0 Å². The third-order valence-corrected chi connectivity index (χ3v) is 2.65. The van der Waals surface area contributed by atoms with Crippen LogP contribution >= 0.6 is 0 Å². The molecular weight excluding hydrogens is 212 g/mol. The Morgan fingerprint density at radius 3 is 2.65 bits per heavy atom. The van der Waals surface area contributed by atoms with Crippen LogP contribution in [-0.4, -0.2) is 15.4 Å². The molecule has 2 rings (SSSR count). The number of nitrogens with zero attached hydrogens (tertiary/aromatic N) is 2. The molecule has 2 aromatic rings. The number of nitrogen functional groups attached to an aromatic ring is 1. The summed E-state index contributed by atoms with van der Waals surface area (Å²) >= 11 is 0. The van der Waals surface area contributed by atoms with Gasteiger partial charge in [0.1, 0.15) is 11.7 Å². The first-order chi connectivity index (χ1) is 8.22. The van der Waals surface area contributed by atoms with E-state index in [4.69, 9.17) is 11.1 Å². The first-order valence-electron chi connectivity index (χ1n) is 5.69. The highest BCUT2D eigenvalue weighted by Crippen LogP contribution is 2.13. The number of benzene rings is 1. The zero-order chi connectivity index (χ0) is 12.3. The van der Waals surface area contributed by atoms with Gasteiger partial charge in [0, 0.05) is 30.1 Å². The zero-order valence-electron chi connectivity index (χ0n) is 9.85. The molecule has 0 fully saturated rings. The summed E-state index contributed by atoms with van der Waals surface area (Å²) in [6, 6.07) is 7.62. The van der Waals surface area contributed by atoms with Crippen LogP contribution < -0.4 is 5.73 Å². The molecule has 0 radical (unpaired) electrons. The summed E-state index contributed by atoms with van der Waals surface area (Å²) in [6.07, 6.45) is 5.79. The summed E-state index contributed by atoms with van der Waals surface area (Å²) in [5, 5.41) is 7.35. The third kappa shape index (κ3) is 2.36. The summed E-state index contributed by atoms with van der Waals surface area (Å²) in [7, 11) is 0. The highest BCUT2D eigenvalue weighted by molar-refractivity contribution is 5.95. The number of aromatic nitrogens is 2. The smallest absolute Gasteiger partial charge is 0.122 e. The Balaban J connectivity index is 2.33. The number of amidine groups is 1. The lowest BCUT2D eigenvalue weighted by Gasteiger charge is -2.07. The van der Waals surface area contributed by atoms with Gasteiger partial charge in [0.15, 0.2) is 0 Å². The molecule has 88 valence electrons. The Morgan fingerprint density at radius 1 is 1.35 bits per heavy atom. The Bertz CT molecular complexity index is 510. The molecule has 0 spiro atoms. The minimum atomic E-state index is 0.0935. The van der Waals surface area contributed by atoms with Crippen LogP contribution in [0.4, 0.5) is 0 Å². The molecule has 1 aromatic carbocycles. The van der Waals surface area contributed by atoms with Crippen molar-refractivity contribution in [3.05, 3.63) is 48.0 Å². The maximum absolute atomic E-state index is 7.35. The maximum atomic E-state index is 7.35. The van der Waals surface area contributed by atoms with E-state index in [9.17, 15) is 0 Å². The largest absolute Gasteiger partial charge is 0.384 e. The monoisotopic (exact) mass is 228 g/mol. The zero-order valence-corrected chi connectivity index (χ0v) is 9.85. The second kappa shape index (κ2) is 4.82. The van der Waals surface area contributed by atoms with E-state index in [1.54, 1.807) is 0 Å². The molecule has 0 atom stereocenters. The van der Waals surface area contributed by atoms with Crippen molar-refractivity contribution >= 4 is 5.84 Å². The molecule has 1 heterocycles. The van der Waals surface area contributed by atoms with Crippen LogP contribution in [0.25, 0.3) is 5.69 Å². The van der Waals surface area contributed by atoms with Gasteiger partial charge in [-0.05, 0) is 30.7 Å². The SMILES string of the molecule is CCCc1nccn1-c1ccc(C(=N)N)cc1. The average Bonchev–Trinajstić information content (AvgIpc) is 2.78. The molecular formula is C13H16N4. The van der Waals surface area contributed by atoms with Gasteiger partial charge >= 0.3 is 0 Å². The molecule has 1 aromatic heterocycles. The van der Waals surface area contributed by atoms with Crippen molar-refractivity contribution in [1.82, 2.24) is 9.55 Å². The number of rotatable bonds is 4.